The number of halogens is 2. The minimum Gasteiger partial charge on any atom is -0.395 e. The van der Waals surface area contributed by atoms with Crippen LogP contribution in [0.2, 0.25) is 0 Å². The molecule has 3 aromatic rings. The summed E-state index contributed by atoms with van der Waals surface area (Å²) in [6.45, 7) is 0.0342. The summed E-state index contributed by atoms with van der Waals surface area (Å²) >= 11 is 6.12. The third-order valence-corrected chi connectivity index (χ3v) is 4.92. The summed E-state index contributed by atoms with van der Waals surface area (Å²) in [5.74, 6) is -1.51. The van der Waals surface area contributed by atoms with Gasteiger partial charge in [-0.05, 0) is 18.2 Å². The zero-order chi connectivity index (χ0) is 20.1. The van der Waals surface area contributed by atoms with Crippen molar-refractivity contribution in [1.29, 1.82) is 0 Å². The molecule has 0 saturated carbocycles. The number of rotatable bonds is 7. The molecule has 0 spiro atoms. The molecule has 0 unspecified atom stereocenters. The van der Waals surface area contributed by atoms with Crippen LogP contribution in [0.5, 0.6) is 0 Å². The Morgan fingerprint density at radius 1 is 1.25 bits per heavy atom. The maximum Gasteiger partial charge on any atom is 0.278 e. The first-order valence-electron chi connectivity index (χ1n) is 8.23. The Hall–Kier alpha value is -2.56. The monoisotopic (exact) mass is 422 g/mol. The fourth-order valence-corrected chi connectivity index (χ4v) is 3.38. The van der Waals surface area contributed by atoms with Gasteiger partial charge in [0.2, 0.25) is 0 Å². The summed E-state index contributed by atoms with van der Waals surface area (Å²) < 4.78 is 29.3. The van der Waals surface area contributed by atoms with Crippen molar-refractivity contribution >= 4 is 29.8 Å². The van der Waals surface area contributed by atoms with Crippen molar-refractivity contribution in [2.24, 2.45) is 0 Å². The number of thioether (sulfide) groups is 1. The number of hydrogen-bond donors (Lipinski definition) is 3. The molecule has 0 bridgehead atoms. The van der Waals surface area contributed by atoms with Crippen molar-refractivity contribution in [2.75, 3.05) is 18.5 Å². The SMILES string of the molecule is O=c1[nH]c(SCc2cccc(F)c2F)nc(NCCO)c1-n1ccc(=S)cc1. The average Bonchev–Trinajstić information content (AvgIpc) is 2.68. The van der Waals surface area contributed by atoms with Crippen LogP contribution in [0.1, 0.15) is 5.56 Å². The molecular weight excluding hydrogens is 406 g/mol. The number of hydrogen-bond acceptors (Lipinski definition) is 6. The van der Waals surface area contributed by atoms with Crippen LogP contribution >= 0.6 is 24.0 Å². The number of aliphatic hydroxyl groups excluding tert-OH is 1. The Morgan fingerprint density at radius 3 is 2.71 bits per heavy atom. The highest BCUT2D eigenvalue weighted by Crippen LogP contribution is 2.24. The van der Waals surface area contributed by atoms with E-state index >= 15 is 0 Å². The number of pyridine rings is 1. The van der Waals surface area contributed by atoms with Crippen molar-refractivity contribution in [3.8, 4) is 5.69 Å². The highest BCUT2D eigenvalue weighted by Gasteiger charge is 2.14. The highest BCUT2D eigenvalue weighted by molar-refractivity contribution is 7.98. The first-order chi connectivity index (χ1) is 13.5. The van der Waals surface area contributed by atoms with Crippen LogP contribution in [0, 0.1) is 16.1 Å². The second kappa shape index (κ2) is 9.09. The summed E-state index contributed by atoms with van der Waals surface area (Å²) in [4.78, 5) is 19.6. The molecule has 0 aliphatic carbocycles. The quantitative estimate of drug-likeness (QED) is 0.308. The normalized spacial score (nSPS) is 10.8. The van der Waals surface area contributed by atoms with Gasteiger partial charge in [0, 0.05) is 34.8 Å². The molecule has 0 atom stereocenters. The minimum atomic E-state index is -0.929. The first-order valence-corrected chi connectivity index (χ1v) is 9.62. The van der Waals surface area contributed by atoms with Gasteiger partial charge in [-0.1, -0.05) is 36.1 Å². The topological polar surface area (TPSA) is 82.9 Å². The molecule has 28 heavy (non-hydrogen) atoms. The second-order valence-corrected chi connectivity index (χ2v) is 7.10. The zero-order valence-corrected chi connectivity index (χ0v) is 16.1. The predicted molar refractivity (Wildman–Crippen MR) is 107 cm³/mol. The highest BCUT2D eigenvalue weighted by atomic mass is 32.2. The van der Waals surface area contributed by atoms with Gasteiger partial charge in [-0.15, -0.1) is 0 Å². The van der Waals surface area contributed by atoms with E-state index in [0.29, 0.717) is 4.51 Å². The van der Waals surface area contributed by atoms with Gasteiger partial charge in [-0.2, -0.15) is 0 Å². The number of nitrogens with one attached hydrogen (secondary N) is 2. The molecule has 0 amide bonds. The molecule has 6 nitrogen and oxygen atoms in total. The van der Waals surface area contributed by atoms with Gasteiger partial charge < -0.3 is 15.0 Å². The van der Waals surface area contributed by atoms with E-state index in [1.54, 1.807) is 29.1 Å². The smallest absolute Gasteiger partial charge is 0.278 e. The molecular formula is C18H16F2N4O2S2. The molecule has 2 aromatic heterocycles. The van der Waals surface area contributed by atoms with Gasteiger partial charge >= 0.3 is 0 Å². The lowest BCUT2D eigenvalue weighted by atomic mass is 10.2. The lowest BCUT2D eigenvalue weighted by Gasteiger charge is -2.13. The van der Waals surface area contributed by atoms with Crippen LogP contribution in [-0.4, -0.2) is 32.8 Å². The van der Waals surface area contributed by atoms with Gasteiger partial charge in [0.25, 0.3) is 5.56 Å². The summed E-state index contributed by atoms with van der Waals surface area (Å²) in [6, 6.07) is 7.26. The van der Waals surface area contributed by atoms with Crippen LogP contribution < -0.4 is 10.9 Å². The Bertz CT molecular complexity index is 1080. The zero-order valence-electron chi connectivity index (χ0n) is 14.5. The molecule has 0 aliphatic heterocycles. The number of anilines is 1. The molecule has 1 aromatic carbocycles. The summed E-state index contributed by atoms with van der Waals surface area (Å²) in [6.07, 6.45) is 3.27. The Kier molecular flexibility index (Phi) is 6.55. The lowest BCUT2D eigenvalue weighted by Crippen LogP contribution is -2.21. The molecule has 10 heteroatoms. The van der Waals surface area contributed by atoms with E-state index in [2.05, 4.69) is 15.3 Å². The van der Waals surface area contributed by atoms with Crippen molar-refractivity contribution in [3.05, 3.63) is 74.8 Å². The molecule has 2 heterocycles. The van der Waals surface area contributed by atoms with E-state index in [-0.39, 0.29) is 41.1 Å². The first kappa shape index (κ1) is 20.2. The maximum atomic E-state index is 13.8. The molecule has 3 rings (SSSR count). The molecule has 0 radical (unpaired) electrons. The van der Waals surface area contributed by atoms with Crippen LogP contribution in [0.25, 0.3) is 5.69 Å². The van der Waals surface area contributed by atoms with E-state index in [9.17, 15) is 13.6 Å². The van der Waals surface area contributed by atoms with Gasteiger partial charge in [-0.25, -0.2) is 13.8 Å². The van der Waals surface area contributed by atoms with Crippen LogP contribution in [0.3, 0.4) is 0 Å². The van der Waals surface area contributed by atoms with E-state index in [1.807, 2.05) is 0 Å². The Labute approximate surface area is 168 Å². The number of nitrogens with zero attached hydrogens (tertiary/aromatic N) is 2. The van der Waals surface area contributed by atoms with Crippen molar-refractivity contribution in [3.63, 3.8) is 0 Å². The summed E-state index contributed by atoms with van der Waals surface area (Å²) in [7, 11) is 0. The fourth-order valence-electron chi connectivity index (χ4n) is 2.42. The second-order valence-electron chi connectivity index (χ2n) is 5.66. The van der Waals surface area contributed by atoms with E-state index in [4.69, 9.17) is 17.3 Å². The Morgan fingerprint density at radius 2 is 2.00 bits per heavy atom. The molecule has 3 N–H and O–H groups in total. The number of aromatic amines is 1. The summed E-state index contributed by atoms with van der Waals surface area (Å²) in [5.41, 5.74) is -0.0403. The largest absolute Gasteiger partial charge is 0.395 e. The average molecular weight is 422 g/mol. The van der Waals surface area contributed by atoms with Crippen molar-refractivity contribution < 1.29 is 13.9 Å². The molecule has 0 saturated heterocycles. The van der Waals surface area contributed by atoms with Crippen LogP contribution in [0.15, 0.2) is 52.7 Å². The standard InChI is InChI=1S/C18H16F2N4O2S2/c19-13-3-1-2-11(14(13)20)10-28-18-22-16(21-6-9-25)15(17(26)23-18)24-7-4-12(27)5-8-24/h1-5,7-8,25H,6,9-10H2,(H2,21,22,23,26). The van der Waals surface area contributed by atoms with E-state index in [0.717, 1.165) is 17.8 Å². The van der Waals surface area contributed by atoms with Gasteiger partial charge in [-0.3, -0.25) is 9.78 Å². The number of benzene rings is 1. The minimum absolute atomic E-state index is 0.0864. The number of aliphatic hydroxyl groups is 1. The van der Waals surface area contributed by atoms with E-state index < -0.39 is 17.2 Å². The van der Waals surface area contributed by atoms with Gasteiger partial charge in [0.1, 0.15) is 0 Å². The Balaban J connectivity index is 1.94. The third-order valence-electron chi connectivity index (χ3n) is 3.73. The maximum absolute atomic E-state index is 13.8. The van der Waals surface area contributed by atoms with Crippen LogP contribution in [-0.2, 0) is 5.75 Å². The fraction of sp³-hybridized carbons (Fsp3) is 0.167. The van der Waals surface area contributed by atoms with Crippen molar-refractivity contribution in [2.45, 2.75) is 10.9 Å². The van der Waals surface area contributed by atoms with Gasteiger partial charge in [0.15, 0.2) is 28.3 Å². The molecule has 0 fully saturated rings. The van der Waals surface area contributed by atoms with Crippen molar-refractivity contribution in [1.82, 2.24) is 14.5 Å². The van der Waals surface area contributed by atoms with E-state index in [1.165, 1.54) is 12.1 Å². The van der Waals surface area contributed by atoms with Crippen LogP contribution in [0.4, 0.5) is 14.6 Å². The molecule has 146 valence electrons. The third kappa shape index (κ3) is 4.64. The van der Waals surface area contributed by atoms with Gasteiger partial charge in [0.05, 0.1) is 6.61 Å². The lowest BCUT2D eigenvalue weighted by molar-refractivity contribution is 0.311. The molecule has 0 aliphatic rings. The summed E-state index contributed by atoms with van der Waals surface area (Å²) in [5, 5.41) is 12.2. The number of aromatic nitrogens is 3. The predicted octanol–water partition coefficient (Wildman–Crippen LogP) is 3.26. The number of H-pyrrole nitrogens is 1.